The average Bonchev–Trinajstić information content (AvgIpc) is 2.76. The van der Waals surface area contributed by atoms with Crippen LogP contribution in [0.15, 0.2) is 24.3 Å². The van der Waals surface area contributed by atoms with E-state index in [0.29, 0.717) is 6.54 Å². The molecule has 17 heavy (non-hydrogen) atoms. The van der Waals surface area contributed by atoms with E-state index in [0.717, 1.165) is 11.3 Å². The molecule has 1 fully saturated rings. The first kappa shape index (κ1) is 12.7. The van der Waals surface area contributed by atoms with Crippen LogP contribution in [-0.4, -0.2) is 28.5 Å². The van der Waals surface area contributed by atoms with Gasteiger partial charge in [0.15, 0.2) is 0 Å². The summed E-state index contributed by atoms with van der Waals surface area (Å²) in [5.74, 6) is 0.489. The maximum absolute atomic E-state index is 13.2. The van der Waals surface area contributed by atoms with Gasteiger partial charge in [0.25, 0.3) is 0 Å². The lowest BCUT2D eigenvalue weighted by Gasteiger charge is -2.25. The zero-order chi connectivity index (χ0) is 12.4. The van der Waals surface area contributed by atoms with Gasteiger partial charge in [-0.3, -0.25) is 4.79 Å². The van der Waals surface area contributed by atoms with E-state index in [1.807, 2.05) is 6.07 Å². The molecule has 0 bridgehead atoms. The number of alkyl halides is 1. The fraction of sp³-hybridized carbons (Fsp3) is 0.417. The number of benzene rings is 1. The van der Waals surface area contributed by atoms with Crippen LogP contribution in [0.4, 0.5) is 4.39 Å². The highest BCUT2D eigenvalue weighted by molar-refractivity contribution is 7.99. The van der Waals surface area contributed by atoms with E-state index >= 15 is 0 Å². The number of carbonyl (C=O) groups excluding carboxylic acids is 1. The third-order valence-corrected chi connectivity index (χ3v) is 4.10. The zero-order valence-corrected chi connectivity index (χ0v) is 11.0. The van der Waals surface area contributed by atoms with Crippen molar-refractivity contribution in [2.75, 3.05) is 12.3 Å². The monoisotopic (exact) mass is 273 g/mol. The Morgan fingerprint density at radius 3 is 3.06 bits per heavy atom. The maximum Gasteiger partial charge on any atom is 0.241 e. The van der Waals surface area contributed by atoms with E-state index in [4.69, 9.17) is 11.6 Å². The molecule has 0 radical (unpaired) electrons. The van der Waals surface area contributed by atoms with Gasteiger partial charge in [0.1, 0.15) is 16.6 Å². The highest BCUT2D eigenvalue weighted by atomic mass is 35.5. The molecule has 1 aliphatic rings. The van der Waals surface area contributed by atoms with E-state index in [2.05, 4.69) is 0 Å². The molecule has 0 saturated carbocycles. The third kappa shape index (κ3) is 2.75. The van der Waals surface area contributed by atoms with Gasteiger partial charge in [-0.1, -0.05) is 12.1 Å². The molecule has 92 valence electrons. The number of nitrogens with zero attached hydrogens (tertiary/aromatic N) is 1. The molecule has 0 aliphatic carbocycles. The number of halogens is 2. The Balaban J connectivity index is 2.23. The topological polar surface area (TPSA) is 20.3 Å². The van der Waals surface area contributed by atoms with Crippen molar-refractivity contribution in [3.63, 3.8) is 0 Å². The van der Waals surface area contributed by atoms with Crippen molar-refractivity contribution in [3.05, 3.63) is 35.6 Å². The minimum atomic E-state index is -0.537. The fourth-order valence-corrected chi connectivity index (χ4v) is 3.24. The fourth-order valence-electron chi connectivity index (χ4n) is 1.86. The molecule has 1 heterocycles. The minimum Gasteiger partial charge on any atom is -0.324 e. The van der Waals surface area contributed by atoms with Gasteiger partial charge in [-0.25, -0.2) is 4.39 Å². The molecule has 1 aromatic rings. The van der Waals surface area contributed by atoms with E-state index in [9.17, 15) is 9.18 Å². The predicted octanol–water partition coefficient (Wildman–Crippen LogP) is 3.03. The van der Waals surface area contributed by atoms with Crippen molar-refractivity contribution in [3.8, 4) is 0 Å². The van der Waals surface area contributed by atoms with Gasteiger partial charge in [0.05, 0.1) is 0 Å². The first-order valence-corrected chi connectivity index (χ1v) is 6.89. The second kappa shape index (κ2) is 5.27. The molecule has 0 spiro atoms. The predicted molar refractivity (Wildman–Crippen MR) is 68.6 cm³/mol. The van der Waals surface area contributed by atoms with E-state index in [1.54, 1.807) is 29.7 Å². The minimum absolute atomic E-state index is 0.0917. The molecule has 1 saturated heterocycles. The number of carbonyl (C=O) groups is 1. The molecule has 0 aromatic heterocycles. The third-order valence-electron chi connectivity index (χ3n) is 2.65. The second-order valence-electron chi connectivity index (χ2n) is 3.93. The van der Waals surface area contributed by atoms with Gasteiger partial charge in [-0.05, 0) is 24.6 Å². The van der Waals surface area contributed by atoms with Crippen LogP contribution in [0.5, 0.6) is 0 Å². The molecule has 0 N–H and O–H groups in total. The van der Waals surface area contributed by atoms with Gasteiger partial charge < -0.3 is 4.90 Å². The summed E-state index contributed by atoms with van der Waals surface area (Å²) < 4.78 is 13.2. The van der Waals surface area contributed by atoms with Crippen LogP contribution in [0, 0.1) is 5.82 Å². The van der Waals surface area contributed by atoms with Crippen molar-refractivity contribution in [2.24, 2.45) is 0 Å². The number of hydrogen-bond donors (Lipinski definition) is 0. The standard InChI is InChI=1S/C12H13ClFNOS/c1-8(13)11(16)15-5-6-17-12(15)9-3-2-4-10(14)7-9/h2-4,7-8,12H,5-6H2,1H3. The van der Waals surface area contributed by atoms with Crippen LogP contribution in [0.1, 0.15) is 17.9 Å². The first-order valence-electron chi connectivity index (χ1n) is 5.41. The molecule has 1 aliphatic heterocycles. The Labute approximate surface area is 109 Å². The highest BCUT2D eigenvalue weighted by Crippen LogP contribution is 2.38. The van der Waals surface area contributed by atoms with Crippen LogP contribution >= 0.6 is 23.4 Å². The highest BCUT2D eigenvalue weighted by Gasteiger charge is 2.32. The largest absolute Gasteiger partial charge is 0.324 e. The lowest BCUT2D eigenvalue weighted by Crippen LogP contribution is -2.35. The van der Waals surface area contributed by atoms with E-state index in [-0.39, 0.29) is 17.1 Å². The molecule has 1 aromatic carbocycles. The van der Waals surface area contributed by atoms with Crippen LogP contribution in [0.25, 0.3) is 0 Å². The molecular weight excluding hydrogens is 261 g/mol. The summed E-state index contributed by atoms with van der Waals surface area (Å²) >= 11 is 7.46. The number of hydrogen-bond acceptors (Lipinski definition) is 2. The van der Waals surface area contributed by atoms with Crippen molar-refractivity contribution in [1.82, 2.24) is 4.90 Å². The molecule has 2 atom stereocenters. The summed E-state index contributed by atoms with van der Waals surface area (Å²) in [5.41, 5.74) is 0.818. The Morgan fingerprint density at radius 2 is 2.41 bits per heavy atom. The Kier molecular flexibility index (Phi) is 3.94. The summed E-state index contributed by atoms with van der Waals surface area (Å²) in [5, 5.41) is -0.649. The smallest absolute Gasteiger partial charge is 0.241 e. The normalized spacial score (nSPS) is 21.6. The van der Waals surface area contributed by atoms with Crippen molar-refractivity contribution < 1.29 is 9.18 Å². The van der Waals surface area contributed by atoms with Gasteiger partial charge in [-0.15, -0.1) is 23.4 Å². The Bertz CT molecular complexity index is 427. The quantitative estimate of drug-likeness (QED) is 0.772. The van der Waals surface area contributed by atoms with Crippen LogP contribution < -0.4 is 0 Å². The summed E-state index contributed by atoms with van der Waals surface area (Å²) in [6.45, 7) is 2.33. The van der Waals surface area contributed by atoms with Crippen LogP contribution in [0.3, 0.4) is 0 Å². The number of amides is 1. The molecule has 1 amide bonds. The second-order valence-corrected chi connectivity index (χ2v) is 5.77. The van der Waals surface area contributed by atoms with Gasteiger partial charge >= 0.3 is 0 Å². The lowest BCUT2D eigenvalue weighted by atomic mass is 10.2. The Hall–Kier alpha value is -0.740. The van der Waals surface area contributed by atoms with Gasteiger partial charge in [0.2, 0.25) is 5.91 Å². The summed E-state index contributed by atoms with van der Waals surface area (Å²) in [7, 11) is 0. The Morgan fingerprint density at radius 1 is 1.65 bits per heavy atom. The molecule has 2 unspecified atom stereocenters. The first-order chi connectivity index (χ1) is 8.09. The van der Waals surface area contributed by atoms with Crippen LogP contribution in [-0.2, 0) is 4.79 Å². The summed E-state index contributed by atoms with van der Waals surface area (Å²) in [4.78, 5) is 13.6. The van der Waals surface area contributed by atoms with Gasteiger partial charge in [0, 0.05) is 12.3 Å². The van der Waals surface area contributed by atoms with Crippen molar-refractivity contribution in [1.29, 1.82) is 0 Å². The molecule has 2 rings (SSSR count). The van der Waals surface area contributed by atoms with Crippen molar-refractivity contribution in [2.45, 2.75) is 17.7 Å². The average molecular weight is 274 g/mol. The SMILES string of the molecule is CC(Cl)C(=O)N1CCSC1c1cccc(F)c1. The van der Waals surface area contributed by atoms with Crippen LogP contribution in [0.2, 0.25) is 0 Å². The lowest BCUT2D eigenvalue weighted by molar-refractivity contribution is -0.130. The van der Waals surface area contributed by atoms with E-state index < -0.39 is 5.38 Å². The maximum atomic E-state index is 13.2. The molecule has 2 nitrogen and oxygen atoms in total. The molecule has 5 heteroatoms. The van der Waals surface area contributed by atoms with Crippen molar-refractivity contribution >= 4 is 29.3 Å². The molecular formula is C12H13ClFNOS. The van der Waals surface area contributed by atoms with Gasteiger partial charge in [-0.2, -0.15) is 0 Å². The number of rotatable bonds is 2. The number of thioether (sulfide) groups is 1. The summed E-state index contributed by atoms with van der Waals surface area (Å²) in [6, 6.07) is 6.38. The zero-order valence-electron chi connectivity index (χ0n) is 9.40. The van der Waals surface area contributed by atoms with E-state index in [1.165, 1.54) is 12.1 Å². The summed E-state index contributed by atoms with van der Waals surface area (Å²) in [6.07, 6.45) is 0.